The van der Waals surface area contributed by atoms with E-state index in [0.29, 0.717) is 24.2 Å². The van der Waals surface area contributed by atoms with Gasteiger partial charge in [0, 0.05) is 18.7 Å². The van der Waals surface area contributed by atoms with E-state index in [1.54, 1.807) is 30.7 Å². The number of nitrogens with one attached hydrogen (secondary N) is 1. The highest BCUT2D eigenvalue weighted by atomic mass is 35.5. The van der Waals surface area contributed by atoms with E-state index >= 15 is 0 Å². The lowest BCUT2D eigenvalue weighted by atomic mass is 10.1. The second kappa shape index (κ2) is 8.24. The Labute approximate surface area is 195 Å². The van der Waals surface area contributed by atoms with E-state index in [-0.39, 0.29) is 31.9 Å². The fourth-order valence-corrected chi connectivity index (χ4v) is 6.50. The summed E-state index contributed by atoms with van der Waals surface area (Å²) in [7, 11) is -4.03. The normalized spacial score (nSPS) is 13.8. The Balaban J connectivity index is 1.84. The minimum atomic E-state index is -4.03. The first-order valence-corrected chi connectivity index (χ1v) is 12.3. The number of fused-ring (bicyclic) bond motifs is 1. The highest BCUT2D eigenvalue weighted by Crippen LogP contribution is 2.36. The first-order valence-electron chi connectivity index (χ1n) is 10.1. The smallest absolute Gasteiger partial charge is 0.276 e. The molecule has 0 saturated carbocycles. The van der Waals surface area contributed by atoms with Crippen LogP contribution in [0.2, 0.25) is 10.2 Å². The van der Waals surface area contributed by atoms with Crippen molar-refractivity contribution in [2.75, 3.05) is 4.72 Å². The van der Waals surface area contributed by atoms with Crippen molar-refractivity contribution >= 4 is 38.9 Å². The summed E-state index contributed by atoms with van der Waals surface area (Å²) in [5.41, 5.74) is 1.53. The molecule has 10 heteroatoms. The molecule has 0 unspecified atom stereocenters. The summed E-state index contributed by atoms with van der Waals surface area (Å²) in [6.45, 7) is 6.33. The van der Waals surface area contributed by atoms with Crippen molar-refractivity contribution in [1.29, 1.82) is 0 Å². The molecule has 0 fully saturated rings. The van der Waals surface area contributed by atoms with Gasteiger partial charge in [-0.2, -0.15) is 0 Å². The lowest BCUT2D eigenvalue weighted by Gasteiger charge is -2.17. The Morgan fingerprint density at radius 3 is 2.16 bits per heavy atom. The summed E-state index contributed by atoms with van der Waals surface area (Å²) >= 11 is 12.6. The van der Waals surface area contributed by atoms with Crippen LogP contribution in [0.25, 0.3) is 11.1 Å². The fraction of sp³-hybridized carbons (Fsp3) is 0.318. The summed E-state index contributed by atoms with van der Waals surface area (Å²) in [5, 5.41) is -0.00704. The van der Waals surface area contributed by atoms with Crippen LogP contribution in [0.5, 0.6) is 0 Å². The van der Waals surface area contributed by atoms with Gasteiger partial charge in [-0.25, -0.2) is 17.5 Å². The van der Waals surface area contributed by atoms with Crippen LogP contribution in [0.15, 0.2) is 34.0 Å². The van der Waals surface area contributed by atoms with Gasteiger partial charge in [-0.3, -0.25) is 14.2 Å². The summed E-state index contributed by atoms with van der Waals surface area (Å²) in [6.07, 6.45) is 1.68. The van der Waals surface area contributed by atoms with Crippen LogP contribution >= 0.6 is 23.2 Å². The Kier molecular flexibility index (Phi) is 5.90. The van der Waals surface area contributed by atoms with E-state index < -0.39 is 21.4 Å². The minimum absolute atomic E-state index is 0.00845. The highest BCUT2D eigenvalue weighted by molar-refractivity contribution is 7.92. The molecule has 2 heterocycles. The van der Waals surface area contributed by atoms with E-state index in [9.17, 15) is 17.6 Å². The number of rotatable bonds is 4. The van der Waals surface area contributed by atoms with E-state index in [1.165, 1.54) is 10.7 Å². The van der Waals surface area contributed by atoms with Crippen molar-refractivity contribution < 1.29 is 12.8 Å². The molecule has 0 atom stereocenters. The number of anilines is 1. The molecule has 0 aliphatic carbocycles. The largest absolute Gasteiger partial charge is 0.278 e. The first-order chi connectivity index (χ1) is 15.0. The average Bonchev–Trinajstić information content (AvgIpc) is 2.94. The molecule has 170 valence electrons. The Bertz CT molecular complexity index is 1390. The topological polar surface area (TPSA) is 73.1 Å². The molecular formula is C22H22Cl2FN3O3S. The lowest BCUT2D eigenvalue weighted by Crippen LogP contribution is -2.27. The van der Waals surface area contributed by atoms with Crippen LogP contribution in [0.4, 0.5) is 10.1 Å². The standard InChI is InChI=1S/C22H22Cl2FN3O3S/c1-12-8-13(2)20(14(3)9-12)32(30,31)26-18-10-15(17(25)11-16(18)23)19-21(24)27-6-4-5-7-28(27)22(19)29/h8-11,26H,4-7H2,1-3H3. The van der Waals surface area contributed by atoms with Gasteiger partial charge < -0.3 is 0 Å². The van der Waals surface area contributed by atoms with E-state index in [1.807, 2.05) is 6.92 Å². The molecule has 6 nitrogen and oxygen atoms in total. The Morgan fingerprint density at radius 1 is 0.969 bits per heavy atom. The zero-order valence-electron chi connectivity index (χ0n) is 17.8. The second-order valence-corrected chi connectivity index (χ2v) is 10.5. The SMILES string of the molecule is Cc1cc(C)c(S(=O)(=O)Nc2cc(-c3c(Cl)n4n(c3=O)CCCC4)c(F)cc2Cl)c(C)c1. The van der Waals surface area contributed by atoms with Crippen molar-refractivity contribution in [2.45, 2.75) is 51.6 Å². The van der Waals surface area contributed by atoms with Crippen LogP contribution in [0.3, 0.4) is 0 Å². The predicted octanol–water partition coefficient (Wildman–Crippen LogP) is 5.28. The molecule has 0 saturated heterocycles. The van der Waals surface area contributed by atoms with Gasteiger partial charge >= 0.3 is 0 Å². The van der Waals surface area contributed by atoms with Crippen molar-refractivity contribution in [3.63, 3.8) is 0 Å². The third-order valence-electron chi connectivity index (χ3n) is 5.61. The molecule has 0 bridgehead atoms. The average molecular weight is 498 g/mol. The Morgan fingerprint density at radius 2 is 1.56 bits per heavy atom. The van der Waals surface area contributed by atoms with Crippen LogP contribution in [0.1, 0.15) is 29.5 Å². The number of nitrogens with zero attached hydrogens (tertiary/aromatic N) is 2. The van der Waals surface area contributed by atoms with Gasteiger partial charge in [0.25, 0.3) is 15.6 Å². The van der Waals surface area contributed by atoms with Crippen LogP contribution in [0, 0.1) is 26.6 Å². The minimum Gasteiger partial charge on any atom is -0.278 e. The maximum atomic E-state index is 14.9. The van der Waals surface area contributed by atoms with Crippen molar-refractivity contribution in [2.24, 2.45) is 0 Å². The van der Waals surface area contributed by atoms with Gasteiger partial charge in [-0.1, -0.05) is 40.9 Å². The molecule has 0 amide bonds. The molecule has 4 rings (SSSR count). The summed E-state index contributed by atoms with van der Waals surface area (Å²) in [5.74, 6) is -0.761. The highest BCUT2D eigenvalue weighted by Gasteiger charge is 2.27. The van der Waals surface area contributed by atoms with E-state index in [0.717, 1.165) is 24.5 Å². The third-order valence-corrected chi connectivity index (χ3v) is 7.97. The number of hydrogen-bond acceptors (Lipinski definition) is 3. The maximum absolute atomic E-state index is 14.9. The monoisotopic (exact) mass is 497 g/mol. The van der Waals surface area contributed by atoms with Gasteiger partial charge in [0.15, 0.2) is 0 Å². The molecule has 2 aromatic carbocycles. The lowest BCUT2D eigenvalue weighted by molar-refractivity contribution is 0.356. The molecule has 1 aliphatic heterocycles. The van der Waals surface area contributed by atoms with Gasteiger partial charge in [0.1, 0.15) is 11.0 Å². The number of halogens is 3. The van der Waals surface area contributed by atoms with Gasteiger partial charge in [-0.05, 0) is 56.9 Å². The van der Waals surface area contributed by atoms with Crippen molar-refractivity contribution in [3.8, 4) is 11.1 Å². The predicted molar refractivity (Wildman–Crippen MR) is 125 cm³/mol. The summed E-state index contributed by atoms with van der Waals surface area (Å²) in [6, 6.07) is 5.75. The van der Waals surface area contributed by atoms with E-state index in [2.05, 4.69) is 4.72 Å². The molecule has 3 aromatic rings. The van der Waals surface area contributed by atoms with Crippen LogP contribution in [-0.2, 0) is 23.1 Å². The molecule has 0 spiro atoms. The molecule has 1 N–H and O–H groups in total. The van der Waals surface area contributed by atoms with Gasteiger partial charge in [0.2, 0.25) is 0 Å². The molecule has 1 aliphatic rings. The number of aromatic nitrogens is 2. The maximum Gasteiger partial charge on any atom is 0.276 e. The number of benzene rings is 2. The van der Waals surface area contributed by atoms with Crippen LogP contribution in [-0.4, -0.2) is 17.8 Å². The second-order valence-electron chi connectivity index (χ2n) is 8.07. The van der Waals surface area contributed by atoms with Crippen molar-refractivity contribution in [1.82, 2.24) is 9.36 Å². The van der Waals surface area contributed by atoms with Gasteiger partial charge in [-0.15, -0.1) is 0 Å². The molecular weight excluding hydrogens is 476 g/mol. The zero-order chi connectivity index (χ0) is 23.4. The third kappa shape index (κ3) is 3.84. The Hall–Kier alpha value is -2.29. The summed E-state index contributed by atoms with van der Waals surface area (Å²) in [4.78, 5) is 13.1. The fourth-order valence-electron chi connectivity index (χ4n) is 4.36. The van der Waals surface area contributed by atoms with E-state index in [4.69, 9.17) is 23.2 Å². The van der Waals surface area contributed by atoms with Gasteiger partial charge in [0.05, 0.1) is 21.2 Å². The van der Waals surface area contributed by atoms with Crippen LogP contribution < -0.4 is 10.3 Å². The zero-order valence-corrected chi connectivity index (χ0v) is 20.1. The quantitative estimate of drug-likeness (QED) is 0.532. The molecule has 32 heavy (non-hydrogen) atoms. The number of aryl methyl sites for hydroxylation is 3. The molecule has 0 radical (unpaired) electrons. The molecule has 1 aromatic heterocycles. The summed E-state index contributed by atoms with van der Waals surface area (Å²) < 4.78 is 46.8. The first kappa shape index (κ1) is 22.9. The number of sulfonamides is 1. The number of hydrogen-bond donors (Lipinski definition) is 1. The van der Waals surface area contributed by atoms with Crippen molar-refractivity contribution in [3.05, 3.63) is 67.3 Å².